The maximum Gasteiger partial charge on any atom is 0.410 e. The molecule has 1 aromatic heterocycles. The van der Waals surface area contributed by atoms with E-state index in [4.69, 9.17) is 18.9 Å². The zero-order valence-electron chi connectivity index (χ0n) is 27.4. The standard InChI is InChI=1S/C33H40FN5O7S/c1-7-38(5)47(41,42)37-28-11-9-26(34)30(24(28)18-35)45-22-8-10-27-23(16-22)29(43-6)25(19-36-27)21-17-33(44-20-21)12-14-39(15-13-33)31(40)46-32(2,3)4/h8-11,16,19,21,37H,7,12-15,17,20H2,1-6H3/t21-/m1/s1. The molecule has 3 heterocycles. The molecule has 3 aromatic rings. The Labute approximate surface area is 274 Å². The molecule has 1 amide bonds. The van der Waals surface area contributed by atoms with Gasteiger partial charge >= 0.3 is 16.3 Å². The first-order valence-electron chi connectivity index (χ1n) is 15.4. The molecule has 2 saturated heterocycles. The molecule has 0 aliphatic carbocycles. The molecule has 0 radical (unpaired) electrons. The number of methoxy groups -OCH3 is 1. The number of fused-ring (bicyclic) bond motifs is 1. The average Bonchev–Trinajstić information content (AvgIpc) is 3.43. The molecule has 2 aliphatic heterocycles. The minimum absolute atomic E-state index is 0.0203. The second kappa shape index (κ2) is 13.1. The van der Waals surface area contributed by atoms with Gasteiger partial charge in [0, 0.05) is 49.7 Å². The number of rotatable bonds is 8. The van der Waals surface area contributed by atoms with Crippen molar-refractivity contribution in [3.63, 3.8) is 0 Å². The number of nitrogens with zero attached hydrogens (tertiary/aromatic N) is 4. The molecule has 47 heavy (non-hydrogen) atoms. The van der Waals surface area contributed by atoms with Crippen LogP contribution >= 0.6 is 0 Å². The summed E-state index contributed by atoms with van der Waals surface area (Å²) in [4.78, 5) is 18.9. The quantitative estimate of drug-likeness (QED) is 0.309. The third kappa shape index (κ3) is 7.22. The van der Waals surface area contributed by atoms with E-state index in [1.165, 1.54) is 13.1 Å². The zero-order valence-corrected chi connectivity index (χ0v) is 28.2. The SMILES string of the molecule is CCN(C)S(=O)(=O)Nc1ccc(F)c(Oc2ccc3ncc([C@H]4COC5(CCN(C(=O)OC(C)(C)C)CC5)C4)c(OC)c3c2)c1C#N. The Bertz CT molecular complexity index is 1810. The second-order valence-electron chi connectivity index (χ2n) is 12.8. The summed E-state index contributed by atoms with van der Waals surface area (Å²) in [7, 11) is -1.03. The molecule has 252 valence electrons. The van der Waals surface area contributed by atoms with Crippen molar-refractivity contribution in [1.29, 1.82) is 5.26 Å². The number of hydrogen-bond donors (Lipinski definition) is 1. The Hall–Kier alpha value is -4.19. The number of ether oxygens (including phenoxy) is 4. The second-order valence-corrected chi connectivity index (χ2v) is 14.6. The molecule has 1 spiro atoms. The van der Waals surface area contributed by atoms with Gasteiger partial charge in [0.15, 0.2) is 11.6 Å². The first kappa shape index (κ1) is 34.2. The first-order chi connectivity index (χ1) is 22.2. The summed E-state index contributed by atoms with van der Waals surface area (Å²) in [6.07, 6.45) is 3.54. The van der Waals surface area contributed by atoms with Crippen molar-refractivity contribution >= 4 is 32.9 Å². The van der Waals surface area contributed by atoms with Crippen LogP contribution in [0.25, 0.3) is 10.9 Å². The number of halogens is 1. The van der Waals surface area contributed by atoms with Crippen LogP contribution in [0.3, 0.4) is 0 Å². The summed E-state index contributed by atoms with van der Waals surface area (Å²) in [5, 5.41) is 10.5. The number of amides is 1. The van der Waals surface area contributed by atoms with E-state index in [0.29, 0.717) is 49.2 Å². The van der Waals surface area contributed by atoms with Gasteiger partial charge in [-0.05, 0) is 70.4 Å². The number of hydrogen-bond acceptors (Lipinski definition) is 9. The molecule has 2 aliphatic rings. The van der Waals surface area contributed by atoms with Gasteiger partial charge < -0.3 is 23.8 Å². The highest BCUT2D eigenvalue weighted by atomic mass is 32.2. The Morgan fingerprint density at radius 3 is 2.60 bits per heavy atom. The third-order valence-corrected chi connectivity index (χ3v) is 10.1. The third-order valence-electron chi connectivity index (χ3n) is 8.53. The Balaban J connectivity index is 1.39. The number of benzene rings is 2. The average molecular weight is 670 g/mol. The molecule has 0 bridgehead atoms. The first-order valence-corrected chi connectivity index (χ1v) is 16.9. The lowest BCUT2D eigenvalue weighted by Gasteiger charge is -2.39. The topological polar surface area (TPSA) is 143 Å². The predicted octanol–water partition coefficient (Wildman–Crippen LogP) is 5.93. The Morgan fingerprint density at radius 1 is 1.23 bits per heavy atom. The van der Waals surface area contributed by atoms with Crippen LogP contribution in [0.5, 0.6) is 17.2 Å². The van der Waals surface area contributed by atoms with Crippen LogP contribution in [0.2, 0.25) is 0 Å². The highest BCUT2D eigenvalue weighted by Gasteiger charge is 2.45. The summed E-state index contributed by atoms with van der Waals surface area (Å²) in [6.45, 7) is 8.93. The van der Waals surface area contributed by atoms with Crippen molar-refractivity contribution in [2.75, 3.05) is 45.1 Å². The highest BCUT2D eigenvalue weighted by molar-refractivity contribution is 7.90. The van der Waals surface area contributed by atoms with Gasteiger partial charge in [0.1, 0.15) is 28.7 Å². The maximum atomic E-state index is 15.1. The van der Waals surface area contributed by atoms with E-state index in [9.17, 15) is 18.5 Å². The summed E-state index contributed by atoms with van der Waals surface area (Å²) >= 11 is 0. The molecule has 1 N–H and O–H groups in total. The number of piperidine rings is 1. The van der Waals surface area contributed by atoms with Gasteiger partial charge in [-0.1, -0.05) is 6.92 Å². The monoisotopic (exact) mass is 669 g/mol. The van der Waals surface area contributed by atoms with Gasteiger partial charge in [-0.25, -0.2) is 9.18 Å². The number of carbonyl (C=O) groups is 1. The molecular weight excluding hydrogens is 629 g/mol. The van der Waals surface area contributed by atoms with Crippen molar-refractivity contribution in [2.45, 2.75) is 64.1 Å². The zero-order chi connectivity index (χ0) is 34.1. The van der Waals surface area contributed by atoms with Gasteiger partial charge in [-0.15, -0.1) is 0 Å². The van der Waals surface area contributed by atoms with Crippen molar-refractivity contribution in [1.82, 2.24) is 14.2 Å². The van der Waals surface area contributed by atoms with Crippen LogP contribution in [0.15, 0.2) is 36.5 Å². The molecule has 14 heteroatoms. The number of pyridine rings is 1. The van der Waals surface area contributed by atoms with Crippen molar-refractivity contribution in [2.24, 2.45) is 0 Å². The van der Waals surface area contributed by atoms with Crippen LogP contribution in [-0.4, -0.2) is 80.3 Å². The minimum atomic E-state index is -3.98. The van der Waals surface area contributed by atoms with E-state index >= 15 is 4.39 Å². The normalized spacial score (nSPS) is 17.9. The molecule has 12 nitrogen and oxygen atoms in total. The van der Waals surface area contributed by atoms with Gasteiger partial charge in [0.2, 0.25) is 0 Å². The minimum Gasteiger partial charge on any atom is -0.496 e. The maximum absolute atomic E-state index is 15.1. The molecular formula is C33H40FN5O7S. The Morgan fingerprint density at radius 2 is 1.96 bits per heavy atom. The lowest BCUT2D eigenvalue weighted by molar-refractivity contribution is -0.0485. The number of nitrogens with one attached hydrogen (secondary N) is 1. The lowest BCUT2D eigenvalue weighted by Crippen LogP contribution is -2.47. The fourth-order valence-corrected chi connectivity index (χ4v) is 6.86. The number of anilines is 1. The summed E-state index contributed by atoms with van der Waals surface area (Å²) in [6, 6.07) is 9.02. The van der Waals surface area contributed by atoms with Crippen LogP contribution in [-0.2, 0) is 19.7 Å². The molecule has 2 fully saturated rings. The fourth-order valence-electron chi connectivity index (χ4n) is 5.92. The number of aromatic nitrogens is 1. The van der Waals surface area contributed by atoms with Crippen LogP contribution in [0.1, 0.15) is 64.0 Å². The van der Waals surface area contributed by atoms with E-state index in [1.54, 1.807) is 43.3 Å². The van der Waals surface area contributed by atoms with E-state index < -0.39 is 27.4 Å². The smallest absolute Gasteiger partial charge is 0.410 e. The van der Waals surface area contributed by atoms with Gasteiger partial charge in [0.05, 0.1) is 30.5 Å². The van der Waals surface area contributed by atoms with Crippen LogP contribution in [0.4, 0.5) is 14.9 Å². The molecule has 2 aromatic carbocycles. The fraction of sp³-hybridized carbons (Fsp3) is 0.485. The molecule has 5 rings (SSSR count). The number of likely N-dealkylation sites (tertiary alicyclic amines) is 1. The van der Waals surface area contributed by atoms with Gasteiger partial charge in [-0.2, -0.15) is 18.0 Å². The highest BCUT2D eigenvalue weighted by Crippen LogP contribution is 2.46. The summed E-state index contributed by atoms with van der Waals surface area (Å²) in [5.41, 5.74) is 0.110. The summed E-state index contributed by atoms with van der Waals surface area (Å²) in [5.74, 6) is -0.503. The molecule has 1 atom stereocenters. The van der Waals surface area contributed by atoms with Gasteiger partial charge in [-0.3, -0.25) is 9.71 Å². The van der Waals surface area contributed by atoms with Crippen molar-refractivity contribution < 1.29 is 36.6 Å². The number of carbonyl (C=O) groups excluding carboxylic acids is 1. The number of nitriles is 1. The van der Waals surface area contributed by atoms with E-state index in [1.807, 2.05) is 26.8 Å². The Kier molecular flexibility index (Phi) is 9.54. The van der Waals surface area contributed by atoms with E-state index in [0.717, 1.165) is 22.4 Å². The largest absolute Gasteiger partial charge is 0.496 e. The summed E-state index contributed by atoms with van der Waals surface area (Å²) < 4.78 is 67.4. The lowest BCUT2D eigenvalue weighted by atomic mass is 9.83. The predicted molar refractivity (Wildman–Crippen MR) is 173 cm³/mol. The van der Waals surface area contributed by atoms with Crippen LogP contribution in [0, 0.1) is 17.1 Å². The van der Waals surface area contributed by atoms with Crippen LogP contribution < -0.4 is 14.2 Å². The molecule has 0 saturated carbocycles. The van der Waals surface area contributed by atoms with E-state index in [-0.39, 0.29) is 41.2 Å². The van der Waals surface area contributed by atoms with E-state index in [2.05, 4.69) is 9.71 Å². The van der Waals surface area contributed by atoms with Crippen molar-refractivity contribution in [3.8, 4) is 23.3 Å². The van der Waals surface area contributed by atoms with Crippen molar-refractivity contribution in [3.05, 3.63) is 53.5 Å². The van der Waals surface area contributed by atoms with Gasteiger partial charge in [0.25, 0.3) is 0 Å². The molecule has 0 unspecified atom stereocenters.